The van der Waals surface area contributed by atoms with Crippen molar-refractivity contribution in [3.8, 4) is 0 Å². The van der Waals surface area contributed by atoms with Crippen LogP contribution >= 0.6 is 0 Å². The van der Waals surface area contributed by atoms with Crippen molar-refractivity contribution < 1.29 is 22.5 Å². The summed E-state index contributed by atoms with van der Waals surface area (Å²) in [5.74, 6) is -0.0887. The predicted octanol–water partition coefficient (Wildman–Crippen LogP) is 1.91. The monoisotopic (exact) mass is 316 g/mol. The number of carbonyl (C=O) groups is 1. The van der Waals surface area contributed by atoms with Gasteiger partial charge in [-0.1, -0.05) is 20.8 Å². The summed E-state index contributed by atoms with van der Waals surface area (Å²) in [6.07, 6.45) is 1.46. The van der Waals surface area contributed by atoms with Gasteiger partial charge in [0.25, 0.3) is 0 Å². The average Bonchev–Trinajstić information content (AvgIpc) is 2.38. The molecule has 5 nitrogen and oxygen atoms in total. The molecule has 6 atom stereocenters. The Balaban J connectivity index is 2.12. The van der Waals surface area contributed by atoms with Gasteiger partial charge in [-0.2, -0.15) is 4.21 Å². The smallest absolute Gasteiger partial charge is 0.305 e. The summed E-state index contributed by atoms with van der Waals surface area (Å²) in [5, 5.41) is 11.1. The van der Waals surface area contributed by atoms with E-state index in [2.05, 4.69) is 0 Å². The molecule has 3 fully saturated rings. The molecule has 3 rings (SSSR count). The fourth-order valence-corrected chi connectivity index (χ4v) is 5.58. The summed E-state index contributed by atoms with van der Waals surface area (Å²) in [5.41, 5.74) is -2.31. The van der Waals surface area contributed by atoms with Gasteiger partial charge in [0.05, 0.1) is 11.2 Å². The van der Waals surface area contributed by atoms with Crippen molar-refractivity contribution >= 4 is 17.1 Å². The van der Waals surface area contributed by atoms with Gasteiger partial charge < -0.3 is 5.11 Å². The number of ketones is 1. The van der Waals surface area contributed by atoms with Crippen molar-refractivity contribution in [3.63, 3.8) is 0 Å². The van der Waals surface area contributed by atoms with Gasteiger partial charge in [0, 0.05) is 17.8 Å². The summed E-state index contributed by atoms with van der Waals surface area (Å²) < 4.78 is 23.1. The lowest BCUT2D eigenvalue weighted by molar-refractivity contribution is -0.237. The lowest BCUT2D eigenvalue weighted by Gasteiger charge is -2.61. The van der Waals surface area contributed by atoms with Crippen LogP contribution in [0.5, 0.6) is 0 Å². The molecule has 0 spiro atoms. The number of Topliss-reactive ketones (excluding diaryl/α,β-unsaturated/α-hetero) is 1. The molecule has 1 heterocycles. The average molecular weight is 316 g/mol. The highest BCUT2D eigenvalue weighted by atomic mass is 32.2. The van der Waals surface area contributed by atoms with E-state index < -0.39 is 34.1 Å². The van der Waals surface area contributed by atoms with E-state index in [0.29, 0.717) is 25.7 Å². The molecule has 6 heteroatoms. The first-order valence-electron chi connectivity index (χ1n) is 7.67. The molecule has 21 heavy (non-hydrogen) atoms. The van der Waals surface area contributed by atoms with Crippen molar-refractivity contribution in [2.75, 3.05) is 0 Å². The fraction of sp³-hybridized carbons (Fsp3) is 0.933. The van der Waals surface area contributed by atoms with Crippen LogP contribution in [0.25, 0.3) is 0 Å². The Bertz CT molecular complexity index is 506. The van der Waals surface area contributed by atoms with Gasteiger partial charge in [0.15, 0.2) is 0 Å². The summed E-state index contributed by atoms with van der Waals surface area (Å²) in [6.45, 7) is 7.73. The number of aliphatic hydroxyl groups is 1. The van der Waals surface area contributed by atoms with E-state index in [1.165, 1.54) is 0 Å². The highest BCUT2D eigenvalue weighted by Crippen LogP contribution is 2.60. The van der Waals surface area contributed by atoms with Crippen LogP contribution in [0.1, 0.15) is 53.4 Å². The largest absolute Gasteiger partial charge is 0.387 e. The molecule has 0 aromatic carbocycles. The zero-order valence-electron chi connectivity index (χ0n) is 13.0. The SMILES string of the molecule is CC(C)[C@]1(O)CC[C@@]2(C)C(=O)CC[C@]3(C)OS(=O)O[C@H]1[C@H]23. The quantitative estimate of drug-likeness (QED) is 0.800. The van der Waals surface area contributed by atoms with Crippen LogP contribution in [-0.2, 0) is 24.5 Å². The third-order valence-corrected chi connectivity index (χ3v) is 6.99. The van der Waals surface area contributed by atoms with Gasteiger partial charge >= 0.3 is 11.4 Å². The minimum Gasteiger partial charge on any atom is -0.387 e. The Labute approximate surface area is 128 Å². The van der Waals surface area contributed by atoms with E-state index in [1.54, 1.807) is 0 Å². The number of carbonyl (C=O) groups excluding carboxylic acids is 1. The third-order valence-electron chi connectivity index (χ3n) is 6.11. The molecule has 3 aliphatic rings. The molecule has 0 aromatic heterocycles. The number of rotatable bonds is 1. The minimum atomic E-state index is -1.87. The fourth-order valence-electron chi connectivity index (χ4n) is 4.60. The van der Waals surface area contributed by atoms with E-state index in [0.717, 1.165) is 0 Å². The first-order valence-corrected chi connectivity index (χ1v) is 8.67. The van der Waals surface area contributed by atoms with Gasteiger partial charge in [-0.3, -0.25) is 13.2 Å². The van der Waals surface area contributed by atoms with Gasteiger partial charge in [0.2, 0.25) is 0 Å². The second-order valence-corrected chi connectivity index (χ2v) is 8.35. The molecule has 2 aliphatic carbocycles. The van der Waals surface area contributed by atoms with Crippen molar-refractivity contribution in [2.45, 2.75) is 70.7 Å². The van der Waals surface area contributed by atoms with Gasteiger partial charge in [-0.25, -0.2) is 0 Å². The first-order chi connectivity index (χ1) is 9.63. The molecular formula is C15H24O5S. The zero-order valence-corrected chi connectivity index (χ0v) is 13.9. The standard InChI is InChI=1S/C15H24O5S/c1-9(2)15(17)8-7-13(3)10(16)5-6-14(4)11(13)12(15)19-21(18)20-14/h9,11-12,17H,5-8H2,1-4H3/t11-,12+,13+,14+,15-,21?/m1/s1. The van der Waals surface area contributed by atoms with Crippen LogP contribution < -0.4 is 0 Å². The second kappa shape index (κ2) is 4.60. The van der Waals surface area contributed by atoms with E-state index >= 15 is 0 Å². The normalized spacial score (nSPS) is 53.6. The summed E-state index contributed by atoms with van der Waals surface area (Å²) in [4.78, 5) is 12.5. The van der Waals surface area contributed by atoms with Crippen molar-refractivity contribution in [1.29, 1.82) is 0 Å². The maximum atomic E-state index is 12.5. The van der Waals surface area contributed by atoms with E-state index in [-0.39, 0.29) is 17.6 Å². The summed E-state index contributed by atoms with van der Waals surface area (Å²) in [7, 11) is 0. The first kappa shape index (κ1) is 15.6. The maximum absolute atomic E-state index is 12.5. The highest BCUT2D eigenvalue weighted by molar-refractivity contribution is 7.75. The number of hydrogen-bond donors (Lipinski definition) is 1. The Kier molecular flexibility index (Phi) is 3.41. The van der Waals surface area contributed by atoms with Crippen molar-refractivity contribution in [1.82, 2.24) is 0 Å². The Morgan fingerprint density at radius 3 is 2.57 bits per heavy atom. The van der Waals surface area contributed by atoms with Crippen LogP contribution in [0.4, 0.5) is 0 Å². The molecular weight excluding hydrogens is 292 g/mol. The van der Waals surface area contributed by atoms with Gasteiger partial charge in [-0.15, -0.1) is 0 Å². The lowest BCUT2D eigenvalue weighted by Crippen LogP contribution is -2.71. The van der Waals surface area contributed by atoms with Crippen LogP contribution in [0.15, 0.2) is 0 Å². The molecule has 0 aromatic rings. The van der Waals surface area contributed by atoms with Gasteiger partial charge in [0.1, 0.15) is 11.9 Å². The Hall–Kier alpha value is -0.300. The van der Waals surface area contributed by atoms with Crippen molar-refractivity contribution in [3.05, 3.63) is 0 Å². The number of hydrogen-bond acceptors (Lipinski definition) is 5. The molecule has 0 bridgehead atoms. The van der Waals surface area contributed by atoms with Crippen molar-refractivity contribution in [2.24, 2.45) is 17.3 Å². The summed E-state index contributed by atoms with van der Waals surface area (Å²) in [6, 6.07) is 0. The molecule has 0 amide bonds. The predicted molar refractivity (Wildman–Crippen MR) is 77.4 cm³/mol. The van der Waals surface area contributed by atoms with Crippen LogP contribution in [0.2, 0.25) is 0 Å². The molecule has 120 valence electrons. The van der Waals surface area contributed by atoms with Gasteiger partial charge in [-0.05, 0) is 32.1 Å². The minimum absolute atomic E-state index is 0.0385. The zero-order chi connectivity index (χ0) is 15.6. The Morgan fingerprint density at radius 1 is 1.29 bits per heavy atom. The highest BCUT2D eigenvalue weighted by Gasteiger charge is 2.68. The Morgan fingerprint density at radius 2 is 1.95 bits per heavy atom. The molecule has 1 N–H and O–H groups in total. The maximum Gasteiger partial charge on any atom is 0.305 e. The van der Waals surface area contributed by atoms with E-state index in [1.807, 2.05) is 27.7 Å². The van der Waals surface area contributed by atoms with Crippen LogP contribution in [-0.4, -0.2) is 32.4 Å². The molecule has 2 saturated carbocycles. The third kappa shape index (κ3) is 1.99. The molecule has 1 unspecified atom stereocenters. The van der Waals surface area contributed by atoms with E-state index in [4.69, 9.17) is 8.37 Å². The topological polar surface area (TPSA) is 72.8 Å². The summed E-state index contributed by atoms with van der Waals surface area (Å²) >= 11 is -1.87. The second-order valence-electron chi connectivity index (χ2n) is 7.58. The van der Waals surface area contributed by atoms with Crippen LogP contribution in [0.3, 0.4) is 0 Å². The molecule has 1 saturated heterocycles. The van der Waals surface area contributed by atoms with E-state index in [9.17, 15) is 14.1 Å². The molecule has 0 radical (unpaired) electrons. The van der Waals surface area contributed by atoms with Crippen LogP contribution in [0, 0.1) is 17.3 Å². The lowest BCUT2D eigenvalue weighted by atomic mass is 9.49. The molecule has 1 aliphatic heterocycles.